The van der Waals surface area contributed by atoms with Crippen molar-refractivity contribution in [1.29, 1.82) is 0 Å². The Labute approximate surface area is 67.0 Å². The van der Waals surface area contributed by atoms with Crippen LogP contribution in [-0.4, -0.2) is 8.07 Å². The summed E-state index contributed by atoms with van der Waals surface area (Å²) >= 11 is 0. The van der Waals surface area contributed by atoms with E-state index in [1.54, 1.807) is 0 Å². The van der Waals surface area contributed by atoms with Gasteiger partial charge in [0.05, 0.1) is 0 Å². The van der Waals surface area contributed by atoms with Crippen molar-refractivity contribution in [3.8, 4) is 0 Å². The second-order valence-corrected chi connectivity index (χ2v) is 10.3. The molecule has 1 heteroatoms. The summed E-state index contributed by atoms with van der Waals surface area (Å²) in [6.07, 6.45) is 0. The lowest BCUT2D eigenvalue weighted by atomic mass is 10.0. The molecule has 0 spiro atoms. The Kier molecular flexibility index (Phi) is 3.15. The molecular formula is C9H21Si. The summed E-state index contributed by atoms with van der Waals surface area (Å²) in [5.74, 6) is 0. The fraction of sp³-hybridized carbons (Fsp3) is 0.889. The summed E-state index contributed by atoms with van der Waals surface area (Å²) in [5.41, 5.74) is 0.507. The molecule has 0 rings (SSSR count). The van der Waals surface area contributed by atoms with E-state index in [-0.39, 0.29) is 0 Å². The van der Waals surface area contributed by atoms with Gasteiger partial charge in [-0.05, 0) is 5.41 Å². The molecule has 0 bridgehead atoms. The van der Waals surface area contributed by atoms with Gasteiger partial charge in [-0.25, -0.2) is 0 Å². The molecule has 0 N–H and O–H groups in total. The van der Waals surface area contributed by atoms with Crippen LogP contribution in [0.25, 0.3) is 0 Å². The molecule has 0 saturated heterocycles. The molecule has 0 aromatic carbocycles. The predicted molar refractivity (Wildman–Crippen MR) is 51.9 cm³/mol. The monoisotopic (exact) mass is 157 g/mol. The second-order valence-electron chi connectivity index (χ2n) is 5.15. The molecule has 0 aromatic rings. The molecule has 0 amide bonds. The number of rotatable bonds is 2. The third-order valence-electron chi connectivity index (χ3n) is 1.69. The van der Waals surface area contributed by atoms with E-state index >= 15 is 0 Å². The van der Waals surface area contributed by atoms with Crippen LogP contribution in [0, 0.1) is 12.3 Å². The average Bonchev–Trinajstić information content (AvgIpc) is 1.60. The minimum absolute atomic E-state index is 0.507. The maximum atomic E-state index is 4.00. The number of hydrogen-bond acceptors (Lipinski definition) is 0. The molecule has 0 unspecified atom stereocenters. The van der Waals surface area contributed by atoms with Gasteiger partial charge in [0.25, 0.3) is 0 Å². The standard InChI is InChI=1S/C9H21Si/c1-7-10(5,6)8-9(2,3)4/h1,7-8H2,2-6H3. The van der Waals surface area contributed by atoms with E-state index in [9.17, 15) is 0 Å². The largest absolute Gasteiger partial charge is 0.0693 e. The first-order chi connectivity index (χ1) is 4.27. The summed E-state index contributed by atoms with van der Waals surface area (Å²) in [6, 6.07) is 2.56. The highest BCUT2D eigenvalue weighted by Gasteiger charge is 2.24. The van der Waals surface area contributed by atoms with Crippen molar-refractivity contribution >= 4 is 8.07 Å². The Bertz CT molecular complexity index is 97.8. The molecule has 0 fully saturated rings. The maximum absolute atomic E-state index is 4.00. The summed E-state index contributed by atoms with van der Waals surface area (Å²) in [7, 11) is -0.924. The first-order valence-electron chi connectivity index (χ1n) is 4.06. The predicted octanol–water partition coefficient (Wildman–Crippen LogP) is 3.57. The zero-order valence-corrected chi connectivity index (χ0v) is 9.12. The molecule has 0 atom stereocenters. The van der Waals surface area contributed by atoms with Crippen LogP contribution in [0.15, 0.2) is 0 Å². The quantitative estimate of drug-likeness (QED) is 0.538. The first-order valence-corrected chi connectivity index (χ1v) is 7.47. The van der Waals surface area contributed by atoms with Crippen LogP contribution in [-0.2, 0) is 0 Å². The van der Waals surface area contributed by atoms with Crippen molar-refractivity contribution in [2.24, 2.45) is 5.41 Å². The Morgan fingerprint density at radius 1 is 1.20 bits per heavy atom. The fourth-order valence-corrected chi connectivity index (χ4v) is 4.57. The van der Waals surface area contributed by atoms with Gasteiger partial charge in [-0.15, -0.1) is 0 Å². The van der Waals surface area contributed by atoms with Crippen molar-refractivity contribution < 1.29 is 0 Å². The van der Waals surface area contributed by atoms with Crippen molar-refractivity contribution in [3.05, 3.63) is 6.92 Å². The molecule has 0 aliphatic carbocycles. The lowest BCUT2D eigenvalue weighted by molar-refractivity contribution is 0.461. The molecule has 61 valence electrons. The van der Waals surface area contributed by atoms with Gasteiger partial charge in [-0.1, -0.05) is 52.9 Å². The van der Waals surface area contributed by atoms with E-state index in [1.165, 1.54) is 12.1 Å². The fourth-order valence-electron chi connectivity index (χ4n) is 1.52. The lowest BCUT2D eigenvalue weighted by Gasteiger charge is -2.29. The first kappa shape index (κ1) is 10.2. The minimum Gasteiger partial charge on any atom is -0.0693 e. The zero-order chi connectivity index (χ0) is 8.41. The molecule has 0 aliphatic rings. The molecule has 1 radical (unpaired) electrons. The minimum atomic E-state index is -0.924. The molecule has 0 heterocycles. The van der Waals surface area contributed by atoms with Crippen LogP contribution < -0.4 is 0 Å². The Morgan fingerprint density at radius 3 is 1.70 bits per heavy atom. The smallest absolute Gasteiger partial charge is 0.0478 e. The third-order valence-corrected chi connectivity index (χ3v) is 5.06. The normalized spacial score (nSPS) is 13.8. The summed E-state index contributed by atoms with van der Waals surface area (Å²) < 4.78 is 0. The third kappa shape index (κ3) is 5.04. The Balaban J connectivity index is 3.89. The second kappa shape index (κ2) is 3.08. The van der Waals surface area contributed by atoms with E-state index in [0.717, 1.165) is 0 Å². The summed E-state index contributed by atoms with van der Waals surface area (Å²) in [4.78, 5) is 0. The van der Waals surface area contributed by atoms with Crippen molar-refractivity contribution in [3.63, 3.8) is 0 Å². The van der Waals surface area contributed by atoms with Gasteiger partial charge in [0.15, 0.2) is 0 Å². The SMILES string of the molecule is [CH2]C[Si](C)(C)CC(C)(C)C. The van der Waals surface area contributed by atoms with E-state index < -0.39 is 8.07 Å². The van der Waals surface area contributed by atoms with Gasteiger partial charge < -0.3 is 0 Å². The van der Waals surface area contributed by atoms with E-state index in [4.69, 9.17) is 0 Å². The van der Waals surface area contributed by atoms with Gasteiger partial charge in [-0.3, -0.25) is 0 Å². The van der Waals surface area contributed by atoms with Crippen LogP contribution in [0.2, 0.25) is 25.2 Å². The van der Waals surface area contributed by atoms with Crippen LogP contribution in [0.3, 0.4) is 0 Å². The van der Waals surface area contributed by atoms with Crippen LogP contribution in [0.5, 0.6) is 0 Å². The molecule has 0 saturated carbocycles. The lowest BCUT2D eigenvalue weighted by Crippen LogP contribution is -2.29. The van der Waals surface area contributed by atoms with Gasteiger partial charge in [0.2, 0.25) is 0 Å². The molecule has 0 nitrogen and oxygen atoms in total. The van der Waals surface area contributed by atoms with Gasteiger partial charge >= 0.3 is 0 Å². The highest BCUT2D eigenvalue weighted by atomic mass is 28.3. The molecule has 0 aromatic heterocycles. The van der Waals surface area contributed by atoms with Crippen LogP contribution in [0.4, 0.5) is 0 Å². The average molecular weight is 157 g/mol. The van der Waals surface area contributed by atoms with Gasteiger partial charge in [0, 0.05) is 8.07 Å². The van der Waals surface area contributed by atoms with Crippen LogP contribution >= 0.6 is 0 Å². The van der Waals surface area contributed by atoms with Crippen molar-refractivity contribution in [1.82, 2.24) is 0 Å². The summed E-state index contributed by atoms with van der Waals surface area (Å²) in [5, 5.41) is 0. The van der Waals surface area contributed by atoms with Crippen molar-refractivity contribution in [2.75, 3.05) is 0 Å². The molecular weight excluding hydrogens is 136 g/mol. The zero-order valence-electron chi connectivity index (χ0n) is 8.12. The Hall–Kier alpha value is 0.217. The van der Waals surface area contributed by atoms with Gasteiger partial charge in [-0.2, -0.15) is 0 Å². The maximum Gasteiger partial charge on any atom is 0.0478 e. The summed E-state index contributed by atoms with van der Waals surface area (Å²) in [6.45, 7) is 15.8. The number of hydrogen-bond donors (Lipinski definition) is 0. The molecule has 10 heavy (non-hydrogen) atoms. The van der Waals surface area contributed by atoms with Crippen molar-refractivity contribution in [2.45, 2.75) is 46.0 Å². The Morgan fingerprint density at radius 2 is 1.60 bits per heavy atom. The highest BCUT2D eigenvalue weighted by molar-refractivity contribution is 6.77. The van der Waals surface area contributed by atoms with Crippen LogP contribution in [0.1, 0.15) is 20.8 Å². The van der Waals surface area contributed by atoms with E-state index in [0.29, 0.717) is 5.41 Å². The molecule has 0 aliphatic heterocycles. The van der Waals surface area contributed by atoms with E-state index in [1.807, 2.05) is 0 Å². The highest BCUT2D eigenvalue weighted by Crippen LogP contribution is 2.29. The van der Waals surface area contributed by atoms with E-state index in [2.05, 4.69) is 40.8 Å². The van der Waals surface area contributed by atoms with Gasteiger partial charge in [0.1, 0.15) is 0 Å². The topological polar surface area (TPSA) is 0 Å².